The van der Waals surface area contributed by atoms with Gasteiger partial charge in [0.05, 0.1) is 6.20 Å². The molecule has 4 rings (SSSR count). The summed E-state index contributed by atoms with van der Waals surface area (Å²) in [4.78, 5) is 30.9. The van der Waals surface area contributed by atoms with E-state index in [-0.39, 0.29) is 23.6 Å². The zero-order valence-corrected chi connectivity index (χ0v) is 15.7. The Morgan fingerprint density at radius 3 is 2.79 bits per heavy atom. The van der Waals surface area contributed by atoms with Gasteiger partial charge in [-0.1, -0.05) is 12.1 Å². The Bertz CT molecular complexity index is 896. The number of nitrogens with zero attached hydrogens (tertiary/aromatic N) is 2. The number of ether oxygens (including phenoxy) is 1. The van der Waals surface area contributed by atoms with Crippen LogP contribution in [0.2, 0.25) is 0 Å². The van der Waals surface area contributed by atoms with Gasteiger partial charge >= 0.3 is 0 Å². The molecule has 1 atom stereocenters. The molecule has 1 aromatic heterocycles. The van der Waals surface area contributed by atoms with Gasteiger partial charge in [-0.2, -0.15) is 0 Å². The van der Waals surface area contributed by atoms with E-state index in [1.807, 2.05) is 23.1 Å². The maximum atomic E-state index is 13.0. The van der Waals surface area contributed by atoms with Crippen LogP contribution in [0.25, 0.3) is 0 Å². The fourth-order valence-corrected chi connectivity index (χ4v) is 3.60. The van der Waals surface area contributed by atoms with Crippen molar-refractivity contribution in [3.8, 4) is 0 Å². The van der Waals surface area contributed by atoms with Gasteiger partial charge in [-0.3, -0.25) is 9.59 Å². The SMILES string of the molecule is COC(C(=O)Nc1ccc(F)cn1)c1ccc2c(c1)CCCN2C(=O)C1CC1. The largest absolute Gasteiger partial charge is 0.367 e. The molecule has 1 fully saturated rings. The van der Waals surface area contributed by atoms with Crippen molar-refractivity contribution in [2.75, 3.05) is 23.9 Å². The summed E-state index contributed by atoms with van der Waals surface area (Å²) in [6.07, 6.45) is 3.93. The van der Waals surface area contributed by atoms with Crippen molar-refractivity contribution in [3.63, 3.8) is 0 Å². The molecule has 2 amide bonds. The Hall–Kier alpha value is -2.80. The van der Waals surface area contributed by atoms with Crippen molar-refractivity contribution >= 4 is 23.3 Å². The quantitative estimate of drug-likeness (QED) is 0.861. The number of nitrogens with one attached hydrogen (secondary N) is 1. The number of anilines is 2. The van der Waals surface area contributed by atoms with Crippen LogP contribution in [0.15, 0.2) is 36.5 Å². The van der Waals surface area contributed by atoms with Crippen molar-refractivity contribution in [1.29, 1.82) is 0 Å². The molecule has 7 heteroatoms. The summed E-state index contributed by atoms with van der Waals surface area (Å²) in [7, 11) is 1.46. The molecular formula is C21H22FN3O3. The average Bonchev–Trinajstić information content (AvgIpc) is 3.54. The molecule has 2 aromatic rings. The molecule has 2 aliphatic rings. The highest BCUT2D eigenvalue weighted by Gasteiger charge is 2.35. The number of benzene rings is 1. The van der Waals surface area contributed by atoms with Gasteiger partial charge in [-0.15, -0.1) is 0 Å². The zero-order chi connectivity index (χ0) is 19.7. The number of amides is 2. The maximum absolute atomic E-state index is 13.0. The third-order valence-corrected chi connectivity index (χ3v) is 5.17. The Kier molecular flexibility index (Phi) is 5.09. The van der Waals surface area contributed by atoms with E-state index in [0.29, 0.717) is 5.56 Å². The second-order valence-corrected chi connectivity index (χ2v) is 7.22. The van der Waals surface area contributed by atoms with Gasteiger partial charge in [0.1, 0.15) is 11.6 Å². The van der Waals surface area contributed by atoms with Crippen LogP contribution >= 0.6 is 0 Å². The van der Waals surface area contributed by atoms with E-state index in [4.69, 9.17) is 4.74 Å². The summed E-state index contributed by atoms with van der Waals surface area (Å²) in [6.45, 7) is 0.742. The number of rotatable bonds is 5. The fourth-order valence-electron chi connectivity index (χ4n) is 3.60. The van der Waals surface area contributed by atoms with E-state index in [1.165, 1.54) is 19.2 Å². The summed E-state index contributed by atoms with van der Waals surface area (Å²) in [6, 6.07) is 8.29. The van der Waals surface area contributed by atoms with Gasteiger partial charge in [0.25, 0.3) is 5.91 Å². The van der Waals surface area contributed by atoms with Crippen molar-refractivity contribution in [3.05, 3.63) is 53.5 Å². The van der Waals surface area contributed by atoms with Gasteiger partial charge in [0.2, 0.25) is 5.91 Å². The number of fused-ring (bicyclic) bond motifs is 1. The number of pyridine rings is 1. The lowest BCUT2D eigenvalue weighted by atomic mass is 9.96. The molecule has 1 aliphatic carbocycles. The molecule has 28 heavy (non-hydrogen) atoms. The molecule has 2 heterocycles. The molecule has 1 N–H and O–H groups in total. The minimum absolute atomic E-state index is 0.173. The van der Waals surface area contributed by atoms with E-state index in [1.54, 1.807) is 0 Å². The van der Waals surface area contributed by atoms with Gasteiger partial charge in [-0.05, 0) is 55.0 Å². The molecule has 0 spiro atoms. The standard InChI is InChI=1S/C21H22FN3O3/c1-28-19(20(26)24-18-9-7-16(22)12-23-18)15-6-8-17-14(11-15)3-2-10-25(17)21(27)13-4-5-13/h6-9,11-13,19H,2-5,10H2,1H3,(H,23,24,26). The minimum Gasteiger partial charge on any atom is -0.367 e. The number of hydrogen-bond acceptors (Lipinski definition) is 4. The van der Waals surface area contributed by atoms with Crippen molar-refractivity contribution in [2.24, 2.45) is 5.92 Å². The van der Waals surface area contributed by atoms with Crippen LogP contribution in [0.1, 0.15) is 36.5 Å². The molecule has 1 saturated carbocycles. The fraction of sp³-hybridized carbons (Fsp3) is 0.381. The van der Waals surface area contributed by atoms with Gasteiger partial charge in [0.15, 0.2) is 6.10 Å². The van der Waals surface area contributed by atoms with E-state index in [9.17, 15) is 14.0 Å². The average molecular weight is 383 g/mol. The van der Waals surface area contributed by atoms with Crippen LogP contribution in [0.3, 0.4) is 0 Å². The Morgan fingerprint density at radius 2 is 2.11 bits per heavy atom. The predicted octanol–water partition coefficient (Wildman–Crippen LogP) is 3.24. The van der Waals surface area contributed by atoms with Gasteiger partial charge < -0.3 is 15.0 Å². The van der Waals surface area contributed by atoms with E-state index in [0.717, 1.165) is 49.7 Å². The molecule has 1 aliphatic heterocycles. The van der Waals surface area contributed by atoms with Crippen LogP contribution < -0.4 is 10.2 Å². The molecule has 0 radical (unpaired) electrons. The predicted molar refractivity (Wildman–Crippen MR) is 102 cm³/mol. The first-order chi connectivity index (χ1) is 13.6. The summed E-state index contributed by atoms with van der Waals surface area (Å²) in [5.74, 6) is -0.222. The number of hydrogen-bond donors (Lipinski definition) is 1. The third kappa shape index (κ3) is 3.75. The van der Waals surface area contributed by atoms with Crippen LogP contribution in [-0.2, 0) is 20.7 Å². The molecule has 146 valence electrons. The Labute approximate surface area is 162 Å². The van der Waals surface area contributed by atoms with Crippen molar-refractivity contribution in [2.45, 2.75) is 31.8 Å². The first kappa shape index (κ1) is 18.6. The van der Waals surface area contributed by atoms with E-state index in [2.05, 4.69) is 10.3 Å². The first-order valence-corrected chi connectivity index (χ1v) is 9.46. The Morgan fingerprint density at radius 1 is 1.29 bits per heavy atom. The number of carbonyl (C=O) groups excluding carboxylic acids is 2. The second kappa shape index (κ2) is 7.67. The summed E-state index contributed by atoms with van der Waals surface area (Å²) < 4.78 is 18.4. The van der Waals surface area contributed by atoms with Crippen LogP contribution in [-0.4, -0.2) is 30.5 Å². The smallest absolute Gasteiger partial charge is 0.259 e. The minimum atomic E-state index is -0.827. The Balaban J connectivity index is 1.54. The molecule has 1 unspecified atom stereocenters. The summed E-state index contributed by atoms with van der Waals surface area (Å²) >= 11 is 0. The highest BCUT2D eigenvalue weighted by Crippen LogP contribution is 2.37. The first-order valence-electron chi connectivity index (χ1n) is 9.46. The molecule has 6 nitrogen and oxygen atoms in total. The number of aromatic nitrogens is 1. The normalized spacial score (nSPS) is 17.0. The lowest BCUT2D eigenvalue weighted by Gasteiger charge is -2.30. The highest BCUT2D eigenvalue weighted by molar-refractivity contribution is 5.98. The third-order valence-electron chi connectivity index (χ3n) is 5.17. The number of aryl methyl sites for hydroxylation is 1. The van der Waals surface area contributed by atoms with E-state index >= 15 is 0 Å². The van der Waals surface area contributed by atoms with Crippen LogP contribution in [0.4, 0.5) is 15.9 Å². The highest BCUT2D eigenvalue weighted by atomic mass is 19.1. The number of methoxy groups -OCH3 is 1. The molecule has 0 bridgehead atoms. The van der Waals surface area contributed by atoms with Crippen LogP contribution in [0.5, 0.6) is 0 Å². The van der Waals surface area contributed by atoms with E-state index < -0.39 is 11.9 Å². The van der Waals surface area contributed by atoms with Gasteiger partial charge in [-0.25, -0.2) is 9.37 Å². The zero-order valence-electron chi connectivity index (χ0n) is 15.7. The topological polar surface area (TPSA) is 71.5 Å². The van der Waals surface area contributed by atoms with Crippen LogP contribution in [0, 0.1) is 11.7 Å². The monoisotopic (exact) mass is 383 g/mol. The molecular weight excluding hydrogens is 361 g/mol. The van der Waals surface area contributed by atoms with Crippen molar-refractivity contribution in [1.82, 2.24) is 4.98 Å². The molecule has 0 saturated heterocycles. The van der Waals surface area contributed by atoms with Crippen molar-refractivity contribution < 1.29 is 18.7 Å². The van der Waals surface area contributed by atoms with Gasteiger partial charge in [0, 0.05) is 25.3 Å². The summed E-state index contributed by atoms with van der Waals surface area (Å²) in [5, 5.41) is 2.64. The maximum Gasteiger partial charge on any atom is 0.259 e. The number of halogens is 1. The lowest BCUT2D eigenvalue weighted by Crippen LogP contribution is -2.36. The second-order valence-electron chi connectivity index (χ2n) is 7.22. The summed E-state index contributed by atoms with van der Waals surface area (Å²) in [5.41, 5.74) is 2.69. The lowest BCUT2D eigenvalue weighted by molar-refractivity contribution is -0.126. The molecule has 1 aromatic carbocycles. The number of carbonyl (C=O) groups is 2.